The number of piperidine rings is 1. The number of nitrogens with zero attached hydrogens (tertiary/aromatic N) is 1. The van der Waals surface area contributed by atoms with Crippen LogP contribution in [0, 0.1) is 5.92 Å². The Morgan fingerprint density at radius 1 is 1.07 bits per heavy atom. The SMILES string of the molecule is CN(C(=O)c1ccccc1NC(=O)CCC1CCNCC1)C1CCCCC1.Cl. The summed E-state index contributed by atoms with van der Waals surface area (Å²) in [5.74, 6) is 0.650. The van der Waals surface area contributed by atoms with Crippen molar-refractivity contribution in [1.29, 1.82) is 0 Å². The van der Waals surface area contributed by atoms with Crippen LogP contribution in [0.15, 0.2) is 24.3 Å². The van der Waals surface area contributed by atoms with Crippen LogP contribution in [-0.2, 0) is 4.79 Å². The van der Waals surface area contributed by atoms with Crippen molar-refractivity contribution in [3.8, 4) is 0 Å². The van der Waals surface area contributed by atoms with Gasteiger partial charge in [0.15, 0.2) is 0 Å². The number of hydrogen-bond acceptors (Lipinski definition) is 3. The highest BCUT2D eigenvalue weighted by molar-refractivity contribution is 6.03. The minimum Gasteiger partial charge on any atom is -0.339 e. The van der Waals surface area contributed by atoms with Crippen LogP contribution in [0.1, 0.15) is 68.1 Å². The van der Waals surface area contributed by atoms with E-state index in [1.54, 1.807) is 0 Å². The molecular formula is C22H34ClN3O2. The molecule has 1 heterocycles. The maximum atomic E-state index is 13.0. The van der Waals surface area contributed by atoms with Gasteiger partial charge in [0, 0.05) is 19.5 Å². The second-order valence-corrected chi connectivity index (χ2v) is 8.03. The predicted octanol–water partition coefficient (Wildman–Crippen LogP) is 4.23. The van der Waals surface area contributed by atoms with Crippen molar-refractivity contribution in [3.05, 3.63) is 29.8 Å². The molecule has 3 rings (SSSR count). The topological polar surface area (TPSA) is 61.4 Å². The molecule has 0 bridgehead atoms. The Labute approximate surface area is 175 Å². The van der Waals surface area contributed by atoms with Gasteiger partial charge in [-0.25, -0.2) is 0 Å². The third-order valence-electron chi connectivity index (χ3n) is 6.11. The quantitative estimate of drug-likeness (QED) is 0.741. The number of rotatable bonds is 6. The largest absolute Gasteiger partial charge is 0.339 e. The first-order valence-corrected chi connectivity index (χ1v) is 10.5. The molecule has 1 aromatic rings. The zero-order chi connectivity index (χ0) is 19.1. The molecule has 2 amide bonds. The molecule has 5 nitrogen and oxygen atoms in total. The molecule has 1 saturated carbocycles. The summed E-state index contributed by atoms with van der Waals surface area (Å²) < 4.78 is 0. The second kappa shape index (κ2) is 11.4. The summed E-state index contributed by atoms with van der Waals surface area (Å²) in [5, 5.41) is 6.34. The van der Waals surface area contributed by atoms with Crippen molar-refractivity contribution < 1.29 is 9.59 Å². The van der Waals surface area contributed by atoms with Gasteiger partial charge in [-0.2, -0.15) is 0 Å². The molecule has 0 unspecified atom stereocenters. The Bertz CT molecular complexity index is 640. The van der Waals surface area contributed by atoms with Crippen LogP contribution in [0.4, 0.5) is 5.69 Å². The van der Waals surface area contributed by atoms with Gasteiger partial charge in [-0.1, -0.05) is 31.4 Å². The molecule has 156 valence electrons. The standard InChI is InChI=1S/C22H33N3O2.ClH/c1-25(18-7-3-2-4-8-18)22(27)19-9-5-6-10-20(19)24-21(26)12-11-17-13-15-23-16-14-17;/h5-6,9-10,17-18,23H,2-4,7-8,11-16H2,1H3,(H,24,26);1H. The summed E-state index contributed by atoms with van der Waals surface area (Å²) in [4.78, 5) is 27.3. The van der Waals surface area contributed by atoms with Crippen molar-refractivity contribution in [3.63, 3.8) is 0 Å². The third-order valence-corrected chi connectivity index (χ3v) is 6.11. The number of carbonyl (C=O) groups excluding carboxylic acids is 2. The lowest BCUT2D eigenvalue weighted by Crippen LogP contribution is -2.38. The molecule has 1 aliphatic carbocycles. The summed E-state index contributed by atoms with van der Waals surface area (Å²) in [5.41, 5.74) is 1.24. The van der Waals surface area contributed by atoms with E-state index >= 15 is 0 Å². The summed E-state index contributed by atoms with van der Waals surface area (Å²) in [6.45, 7) is 2.11. The van der Waals surface area contributed by atoms with Crippen LogP contribution in [0.3, 0.4) is 0 Å². The summed E-state index contributed by atoms with van der Waals surface area (Å²) in [6.07, 6.45) is 9.54. The van der Waals surface area contributed by atoms with Gasteiger partial charge >= 0.3 is 0 Å². The molecule has 1 aliphatic heterocycles. The number of halogens is 1. The average Bonchev–Trinajstić information content (AvgIpc) is 2.73. The van der Waals surface area contributed by atoms with Gasteiger partial charge in [-0.3, -0.25) is 9.59 Å². The smallest absolute Gasteiger partial charge is 0.255 e. The summed E-state index contributed by atoms with van der Waals surface area (Å²) in [7, 11) is 1.90. The maximum Gasteiger partial charge on any atom is 0.255 e. The summed E-state index contributed by atoms with van der Waals surface area (Å²) >= 11 is 0. The van der Waals surface area contributed by atoms with Crippen LogP contribution < -0.4 is 10.6 Å². The van der Waals surface area contributed by atoms with Gasteiger partial charge < -0.3 is 15.5 Å². The van der Waals surface area contributed by atoms with E-state index in [1.165, 1.54) is 19.3 Å². The van der Waals surface area contributed by atoms with Crippen molar-refractivity contribution in [2.24, 2.45) is 5.92 Å². The molecule has 0 aromatic heterocycles. The molecule has 6 heteroatoms. The zero-order valence-corrected chi connectivity index (χ0v) is 17.7. The van der Waals surface area contributed by atoms with Crippen LogP contribution in [0.25, 0.3) is 0 Å². The highest BCUT2D eigenvalue weighted by atomic mass is 35.5. The number of benzene rings is 1. The molecule has 28 heavy (non-hydrogen) atoms. The third kappa shape index (κ3) is 6.21. The highest BCUT2D eigenvalue weighted by Gasteiger charge is 2.25. The highest BCUT2D eigenvalue weighted by Crippen LogP contribution is 2.25. The lowest BCUT2D eigenvalue weighted by Gasteiger charge is -2.31. The van der Waals surface area contributed by atoms with E-state index in [9.17, 15) is 9.59 Å². The van der Waals surface area contributed by atoms with Gasteiger partial charge in [0.2, 0.25) is 5.91 Å². The van der Waals surface area contributed by atoms with Crippen molar-refractivity contribution in [1.82, 2.24) is 10.2 Å². The molecule has 2 fully saturated rings. The maximum absolute atomic E-state index is 13.0. The first-order valence-electron chi connectivity index (χ1n) is 10.5. The molecule has 1 aromatic carbocycles. The zero-order valence-electron chi connectivity index (χ0n) is 16.9. The first kappa shape index (κ1) is 22.7. The van der Waals surface area contributed by atoms with Crippen molar-refractivity contribution in [2.45, 2.75) is 63.8 Å². The Morgan fingerprint density at radius 3 is 2.46 bits per heavy atom. The first-order chi connectivity index (χ1) is 13.1. The number of para-hydroxylation sites is 1. The molecule has 2 aliphatic rings. The molecule has 1 saturated heterocycles. The van der Waals surface area contributed by atoms with Crippen LogP contribution in [0.2, 0.25) is 0 Å². The van der Waals surface area contributed by atoms with E-state index in [1.807, 2.05) is 36.2 Å². The van der Waals surface area contributed by atoms with Gasteiger partial charge in [0.25, 0.3) is 5.91 Å². The van der Waals surface area contributed by atoms with Gasteiger partial charge in [0.1, 0.15) is 0 Å². The number of hydrogen-bond donors (Lipinski definition) is 2. The second-order valence-electron chi connectivity index (χ2n) is 8.03. The fraction of sp³-hybridized carbons (Fsp3) is 0.636. The lowest BCUT2D eigenvalue weighted by atomic mass is 9.93. The minimum atomic E-state index is 0. The van der Waals surface area contributed by atoms with Crippen molar-refractivity contribution in [2.75, 3.05) is 25.5 Å². The van der Waals surface area contributed by atoms with E-state index in [4.69, 9.17) is 0 Å². The molecule has 0 spiro atoms. The number of anilines is 1. The van der Waals surface area contributed by atoms with Crippen LogP contribution in [-0.4, -0.2) is 42.9 Å². The normalized spacial score (nSPS) is 18.2. The monoisotopic (exact) mass is 407 g/mol. The fourth-order valence-electron chi connectivity index (χ4n) is 4.32. The number of carbonyl (C=O) groups is 2. The molecule has 2 N–H and O–H groups in total. The van der Waals surface area contributed by atoms with E-state index < -0.39 is 0 Å². The Balaban J connectivity index is 0.00000280. The Hall–Kier alpha value is -1.59. The van der Waals surface area contributed by atoms with Crippen LogP contribution in [0.5, 0.6) is 0 Å². The molecule has 0 radical (unpaired) electrons. The van der Waals surface area contributed by atoms with Crippen molar-refractivity contribution >= 4 is 29.9 Å². The van der Waals surface area contributed by atoms with E-state index in [0.29, 0.717) is 29.6 Å². The van der Waals surface area contributed by atoms with Gasteiger partial charge in [0.05, 0.1) is 11.3 Å². The lowest BCUT2D eigenvalue weighted by molar-refractivity contribution is -0.116. The minimum absolute atomic E-state index is 0. The number of nitrogens with one attached hydrogen (secondary N) is 2. The fourth-order valence-corrected chi connectivity index (χ4v) is 4.32. The van der Waals surface area contributed by atoms with Crippen LogP contribution >= 0.6 is 12.4 Å². The van der Waals surface area contributed by atoms with E-state index in [-0.39, 0.29) is 24.2 Å². The predicted molar refractivity (Wildman–Crippen MR) is 116 cm³/mol. The van der Waals surface area contributed by atoms with E-state index in [2.05, 4.69) is 10.6 Å². The Morgan fingerprint density at radius 2 is 1.75 bits per heavy atom. The number of amides is 2. The molecular weight excluding hydrogens is 374 g/mol. The average molecular weight is 408 g/mol. The Kier molecular flexibility index (Phi) is 9.26. The molecule has 0 atom stereocenters. The van der Waals surface area contributed by atoms with E-state index in [0.717, 1.165) is 45.2 Å². The van der Waals surface area contributed by atoms with Gasteiger partial charge in [-0.05, 0) is 63.2 Å². The van der Waals surface area contributed by atoms with Gasteiger partial charge in [-0.15, -0.1) is 12.4 Å². The summed E-state index contributed by atoms with van der Waals surface area (Å²) in [6, 6.07) is 7.72.